The average Bonchev–Trinajstić information content (AvgIpc) is 2.43. The maximum Gasteiger partial charge on any atom is 0.405 e. The number of carbonyl (C=O) groups excluding carboxylic acids is 1. The van der Waals surface area contributed by atoms with Crippen molar-refractivity contribution in [1.29, 1.82) is 0 Å². The molecule has 4 nitrogen and oxygen atoms in total. The van der Waals surface area contributed by atoms with Crippen molar-refractivity contribution in [3.05, 3.63) is 0 Å². The Bertz CT molecular complexity index is 319. The van der Waals surface area contributed by atoms with Gasteiger partial charge in [0.2, 0.25) is 5.91 Å². The first-order valence-corrected chi connectivity index (χ1v) is 7.04. The average molecular weight is 296 g/mol. The maximum absolute atomic E-state index is 12.7. The second-order valence-electron chi connectivity index (χ2n) is 5.20. The van der Waals surface area contributed by atoms with Crippen molar-refractivity contribution < 1.29 is 23.1 Å². The second-order valence-corrected chi connectivity index (χ2v) is 5.20. The summed E-state index contributed by atoms with van der Waals surface area (Å²) >= 11 is 0. The van der Waals surface area contributed by atoms with Gasteiger partial charge < -0.3 is 15.3 Å². The number of amides is 1. The van der Waals surface area contributed by atoms with Gasteiger partial charge in [0.15, 0.2) is 0 Å². The highest BCUT2D eigenvalue weighted by Crippen LogP contribution is 2.25. The van der Waals surface area contributed by atoms with Crippen molar-refractivity contribution in [3.8, 4) is 0 Å². The van der Waals surface area contributed by atoms with Gasteiger partial charge in [0.1, 0.15) is 6.04 Å². The molecule has 2 unspecified atom stereocenters. The van der Waals surface area contributed by atoms with Crippen molar-refractivity contribution in [3.63, 3.8) is 0 Å². The summed E-state index contributed by atoms with van der Waals surface area (Å²) in [4.78, 5) is 13.6. The van der Waals surface area contributed by atoms with Gasteiger partial charge >= 0.3 is 6.18 Å². The molecule has 0 bridgehead atoms. The Kier molecular flexibility index (Phi) is 6.26. The van der Waals surface area contributed by atoms with Gasteiger partial charge in [0, 0.05) is 19.6 Å². The lowest BCUT2D eigenvalue weighted by molar-refractivity contribution is -0.170. The summed E-state index contributed by atoms with van der Waals surface area (Å²) in [7, 11) is 0. The van der Waals surface area contributed by atoms with Crippen LogP contribution < -0.4 is 5.32 Å². The number of rotatable bonds is 5. The Balaban J connectivity index is 2.74. The van der Waals surface area contributed by atoms with Crippen molar-refractivity contribution in [1.82, 2.24) is 10.2 Å². The molecule has 1 aliphatic heterocycles. The van der Waals surface area contributed by atoms with E-state index in [4.69, 9.17) is 0 Å². The van der Waals surface area contributed by atoms with Crippen LogP contribution >= 0.6 is 0 Å². The third-order valence-electron chi connectivity index (χ3n) is 4.01. The summed E-state index contributed by atoms with van der Waals surface area (Å²) in [6.45, 7) is 3.52. The highest BCUT2D eigenvalue weighted by Gasteiger charge is 2.43. The van der Waals surface area contributed by atoms with Crippen LogP contribution in [0.4, 0.5) is 13.2 Å². The third kappa shape index (κ3) is 4.09. The molecule has 1 saturated heterocycles. The summed E-state index contributed by atoms with van der Waals surface area (Å²) in [5.74, 6) is -0.958. The number of carbonyl (C=O) groups is 1. The van der Waals surface area contributed by atoms with Crippen LogP contribution in [0.1, 0.15) is 26.7 Å². The van der Waals surface area contributed by atoms with Crippen molar-refractivity contribution in [2.75, 3.05) is 26.2 Å². The highest BCUT2D eigenvalue weighted by atomic mass is 19.4. The molecule has 0 aromatic carbocycles. The highest BCUT2D eigenvalue weighted by molar-refractivity contribution is 5.79. The van der Waals surface area contributed by atoms with Crippen LogP contribution in [0.15, 0.2) is 0 Å². The van der Waals surface area contributed by atoms with E-state index in [1.165, 1.54) is 4.90 Å². The maximum atomic E-state index is 12.7. The zero-order valence-corrected chi connectivity index (χ0v) is 11.9. The molecule has 0 radical (unpaired) electrons. The Labute approximate surface area is 117 Å². The van der Waals surface area contributed by atoms with Crippen molar-refractivity contribution in [2.45, 2.75) is 38.9 Å². The lowest BCUT2D eigenvalue weighted by Crippen LogP contribution is -2.59. The smallest absolute Gasteiger partial charge is 0.396 e. The molecule has 0 aromatic heterocycles. The fourth-order valence-electron chi connectivity index (χ4n) is 2.69. The molecule has 1 rings (SSSR count). The molecule has 7 heteroatoms. The van der Waals surface area contributed by atoms with Crippen LogP contribution in [0.2, 0.25) is 0 Å². The van der Waals surface area contributed by atoms with Crippen molar-refractivity contribution in [2.24, 2.45) is 11.8 Å². The van der Waals surface area contributed by atoms with E-state index in [2.05, 4.69) is 5.32 Å². The van der Waals surface area contributed by atoms with E-state index >= 15 is 0 Å². The Morgan fingerprint density at radius 1 is 1.40 bits per heavy atom. The summed E-state index contributed by atoms with van der Waals surface area (Å²) in [6, 6.07) is -1.68. The number of aliphatic hydroxyl groups excluding tert-OH is 1. The van der Waals surface area contributed by atoms with Crippen LogP contribution in [0, 0.1) is 11.8 Å². The van der Waals surface area contributed by atoms with E-state index in [-0.39, 0.29) is 38.1 Å². The van der Waals surface area contributed by atoms with Gasteiger partial charge in [-0.1, -0.05) is 26.7 Å². The molecule has 1 fully saturated rings. The number of hydrogen-bond donors (Lipinski definition) is 2. The number of aliphatic hydroxyl groups is 1. The normalized spacial score (nSPS) is 22.1. The molecular weight excluding hydrogens is 273 g/mol. The van der Waals surface area contributed by atoms with Crippen LogP contribution in [0.25, 0.3) is 0 Å². The molecule has 1 heterocycles. The Hall–Kier alpha value is -0.820. The van der Waals surface area contributed by atoms with Gasteiger partial charge in [-0.15, -0.1) is 0 Å². The standard InChI is InChI=1S/C13H23F3N2O2/c1-3-9(4-2)10(8-19)12(20)18-6-5-17-11(7-18)13(14,15)16/h9-11,17,19H,3-8H2,1-2H3. The van der Waals surface area contributed by atoms with Crippen LogP contribution in [0.3, 0.4) is 0 Å². The van der Waals surface area contributed by atoms with Crippen molar-refractivity contribution >= 4 is 5.91 Å². The zero-order valence-electron chi connectivity index (χ0n) is 11.9. The molecule has 0 aromatic rings. The lowest BCUT2D eigenvalue weighted by Gasteiger charge is -2.37. The number of nitrogens with one attached hydrogen (secondary N) is 1. The molecule has 2 atom stereocenters. The lowest BCUT2D eigenvalue weighted by atomic mass is 9.87. The minimum Gasteiger partial charge on any atom is -0.396 e. The zero-order chi connectivity index (χ0) is 15.3. The SMILES string of the molecule is CCC(CC)C(CO)C(=O)N1CCNC(C(F)(F)F)C1. The molecule has 118 valence electrons. The molecule has 1 amide bonds. The number of alkyl halides is 3. The molecule has 0 saturated carbocycles. The largest absolute Gasteiger partial charge is 0.405 e. The Morgan fingerprint density at radius 2 is 2.00 bits per heavy atom. The summed E-state index contributed by atoms with van der Waals surface area (Å²) < 4.78 is 38.1. The van der Waals surface area contributed by atoms with Gasteiger partial charge in [0.25, 0.3) is 0 Å². The van der Waals surface area contributed by atoms with Gasteiger partial charge in [-0.05, 0) is 5.92 Å². The van der Waals surface area contributed by atoms with Crippen LogP contribution in [-0.4, -0.2) is 54.4 Å². The molecule has 2 N–H and O–H groups in total. The molecule has 0 spiro atoms. The van der Waals surface area contributed by atoms with E-state index < -0.39 is 18.1 Å². The monoisotopic (exact) mass is 296 g/mol. The van der Waals surface area contributed by atoms with E-state index in [1.807, 2.05) is 13.8 Å². The van der Waals surface area contributed by atoms with E-state index in [1.54, 1.807) is 0 Å². The van der Waals surface area contributed by atoms with E-state index in [9.17, 15) is 23.1 Å². The van der Waals surface area contributed by atoms with Gasteiger partial charge in [-0.2, -0.15) is 13.2 Å². The third-order valence-corrected chi connectivity index (χ3v) is 4.01. The molecule has 0 aliphatic carbocycles. The number of hydrogen-bond acceptors (Lipinski definition) is 3. The minimum absolute atomic E-state index is 0.00622. The summed E-state index contributed by atoms with van der Waals surface area (Å²) in [5.41, 5.74) is 0. The minimum atomic E-state index is -4.36. The molecule has 1 aliphatic rings. The topological polar surface area (TPSA) is 52.6 Å². The summed E-state index contributed by atoms with van der Waals surface area (Å²) in [5, 5.41) is 11.8. The Morgan fingerprint density at radius 3 is 2.45 bits per heavy atom. The van der Waals surface area contributed by atoms with Crippen LogP contribution in [0.5, 0.6) is 0 Å². The quantitative estimate of drug-likeness (QED) is 0.806. The number of halogens is 3. The van der Waals surface area contributed by atoms with Crippen LogP contribution in [-0.2, 0) is 4.79 Å². The number of nitrogens with zero attached hydrogens (tertiary/aromatic N) is 1. The van der Waals surface area contributed by atoms with Gasteiger partial charge in [-0.25, -0.2) is 0 Å². The number of piperazine rings is 1. The fraction of sp³-hybridized carbons (Fsp3) is 0.923. The molecular formula is C13H23F3N2O2. The first-order valence-electron chi connectivity index (χ1n) is 7.04. The first kappa shape index (κ1) is 17.2. The first-order chi connectivity index (χ1) is 9.35. The summed E-state index contributed by atoms with van der Waals surface area (Å²) in [6.07, 6.45) is -2.91. The fourth-order valence-corrected chi connectivity index (χ4v) is 2.69. The molecule has 20 heavy (non-hydrogen) atoms. The second kappa shape index (κ2) is 7.26. The van der Waals surface area contributed by atoms with E-state index in [0.29, 0.717) is 0 Å². The predicted molar refractivity (Wildman–Crippen MR) is 69.1 cm³/mol. The van der Waals surface area contributed by atoms with Gasteiger partial charge in [0.05, 0.1) is 12.5 Å². The predicted octanol–water partition coefficient (Wildman–Crippen LogP) is 1.39. The van der Waals surface area contributed by atoms with E-state index in [0.717, 1.165) is 12.8 Å². The van der Waals surface area contributed by atoms with Gasteiger partial charge in [-0.3, -0.25) is 4.79 Å².